The quantitative estimate of drug-likeness (QED) is 0.689. The van der Waals surface area contributed by atoms with E-state index in [1.165, 1.54) is 0 Å². The van der Waals surface area contributed by atoms with Crippen LogP contribution in [0.25, 0.3) is 0 Å². The van der Waals surface area contributed by atoms with Gasteiger partial charge in [0.1, 0.15) is 0 Å². The Hall–Kier alpha value is -0.160. The van der Waals surface area contributed by atoms with Crippen molar-refractivity contribution in [2.24, 2.45) is 5.73 Å². The fourth-order valence-corrected chi connectivity index (χ4v) is 2.03. The van der Waals surface area contributed by atoms with Gasteiger partial charge in [-0.2, -0.15) is 0 Å². The predicted octanol–water partition coefficient (Wildman–Crippen LogP) is 0.197. The second kappa shape index (κ2) is 5.80. The maximum Gasteiger partial charge on any atom is 0.0701 e. The minimum Gasteiger partial charge on any atom is -0.394 e. The van der Waals surface area contributed by atoms with Crippen molar-refractivity contribution in [3.63, 3.8) is 0 Å². The molecule has 0 amide bonds. The molecule has 0 atom stereocenters. The molecule has 0 aromatic heterocycles. The van der Waals surface area contributed by atoms with Gasteiger partial charge in [-0.25, -0.2) is 0 Å². The number of hydrogen-bond donors (Lipinski definition) is 2. The molecule has 0 bridgehead atoms. The van der Waals surface area contributed by atoms with Crippen molar-refractivity contribution in [2.45, 2.75) is 38.3 Å². The first-order valence-electron chi connectivity index (χ1n) is 5.75. The van der Waals surface area contributed by atoms with Crippen molar-refractivity contribution in [1.29, 1.82) is 0 Å². The van der Waals surface area contributed by atoms with Gasteiger partial charge in [0.2, 0.25) is 0 Å². The normalized spacial score (nSPS) is 20.8. The third-order valence-corrected chi connectivity index (χ3v) is 2.61. The molecule has 4 heteroatoms. The van der Waals surface area contributed by atoms with Gasteiger partial charge in [-0.3, -0.25) is 0 Å². The Balaban J connectivity index is 2.18. The summed E-state index contributed by atoms with van der Waals surface area (Å²) in [7, 11) is 0. The van der Waals surface area contributed by atoms with Crippen LogP contribution in [0.1, 0.15) is 26.7 Å². The van der Waals surface area contributed by atoms with E-state index in [4.69, 9.17) is 15.6 Å². The Morgan fingerprint density at radius 2 is 2.00 bits per heavy atom. The molecule has 0 aliphatic carbocycles. The highest BCUT2D eigenvalue weighted by atomic mass is 16.5. The molecular weight excluding hydrogens is 192 g/mol. The highest BCUT2D eigenvalue weighted by Crippen LogP contribution is 2.15. The first-order chi connectivity index (χ1) is 7.01. The third-order valence-electron chi connectivity index (χ3n) is 2.61. The van der Waals surface area contributed by atoms with Gasteiger partial charge in [-0.1, -0.05) is 0 Å². The molecule has 0 radical (unpaired) electrons. The molecule has 1 heterocycles. The summed E-state index contributed by atoms with van der Waals surface area (Å²) in [6, 6.07) is 0. The van der Waals surface area contributed by atoms with Crippen LogP contribution >= 0.6 is 0 Å². The summed E-state index contributed by atoms with van der Waals surface area (Å²) < 4.78 is 5.50. The monoisotopic (exact) mass is 216 g/mol. The van der Waals surface area contributed by atoms with Crippen LogP contribution in [-0.4, -0.2) is 54.5 Å². The molecule has 3 N–H and O–H groups in total. The maximum atomic E-state index is 8.65. The molecule has 1 fully saturated rings. The van der Waals surface area contributed by atoms with E-state index in [9.17, 15) is 0 Å². The Labute approximate surface area is 92.4 Å². The Morgan fingerprint density at radius 3 is 2.47 bits per heavy atom. The minimum atomic E-state index is -0.112. The summed E-state index contributed by atoms with van der Waals surface area (Å²) >= 11 is 0. The zero-order valence-corrected chi connectivity index (χ0v) is 9.91. The van der Waals surface area contributed by atoms with Crippen LogP contribution < -0.4 is 5.73 Å². The molecule has 0 aromatic rings. The average Bonchev–Trinajstić information content (AvgIpc) is 2.14. The van der Waals surface area contributed by atoms with E-state index in [0.717, 1.165) is 32.5 Å². The Kier molecular flexibility index (Phi) is 4.99. The van der Waals surface area contributed by atoms with Crippen LogP contribution in [0.5, 0.6) is 0 Å². The van der Waals surface area contributed by atoms with Crippen molar-refractivity contribution >= 4 is 0 Å². The summed E-state index contributed by atoms with van der Waals surface area (Å²) in [5, 5.41) is 8.65. The third kappa shape index (κ3) is 5.47. The smallest absolute Gasteiger partial charge is 0.0701 e. The number of ether oxygens (including phenoxy) is 1. The zero-order valence-electron chi connectivity index (χ0n) is 9.91. The van der Waals surface area contributed by atoms with Crippen molar-refractivity contribution < 1.29 is 9.84 Å². The predicted molar refractivity (Wildman–Crippen MR) is 60.8 cm³/mol. The second-order valence-corrected chi connectivity index (χ2v) is 5.06. The molecule has 15 heavy (non-hydrogen) atoms. The largest absolute Gasteiger partial charge is 0.394 e. The average molecular weight is 216 g/mol. The van der Waals surface area contributed by atoms with Crippen LogP contribution in [-0.2, 0) is 4.74 Å². The Morgan fingerprint density at radius 1 is 1.40 bits per heavy atom. The number of nitrogens with zero attached hydrogens (tertiary/aromatic N) is 1. The van der Waals surface area contributed by atoms with Gasteiger partial charge in [-0.15, -0.1) is 0 Å². The number of aliphatic hydroxyl groups excluding tert-OH is 1. The van der Waals surface area contributed by atoms with Gasteiger partial charge in [0.25, 0.3) is 0 Å². The van der Waals surface area contributed by atoms with E-state index in [1.54, 1.807) is 0 Å². The summed E-state index contributed by atoms with van der Waals surface area (Å²) in [6.45, 7) is 7.75. The number of nitrogens with two attached hydrogens (primary N) is 1. The van der Waals surface area contributed by atoms with Crippen LogP contribution in [0, 0.1) is 0 Å². The van der Waals surface area contributed by atoms with E-state index in [0.29, 0.717) is 12.7 Å². The van der Waals surface area contributed by atoms with E-state index >= 15 is 0 Å². The van der Waals surface area contributed by atoms with Gasteiger partial charge in [-0.05, 0) is 26.7 Å². The van der Waals surface area contributed by atoms with Gasteiger partial charge in [0.15, 0.2) is 0 Å². The molecular formula is C11H24N2O2. The second-order valence-electron chi connectivity index (χ2n) is 5.06. The number of rotatable bonds is 5. The van der Waals surface area contributed by atoms with Crippen molar-refractivity contribution in [3.8, 4) is 0 Å². The van der Waals surface area contributed by atoms with Crippen molar-refractivity contribution in [1.82, 2.24) is 4.90 Å². The van der Waals surface area contributed by atoms with Gasteiger partial charge in [0, 0.05) is 25.2 Å². The molecule has 4 nitrogen and oxygen atoms in total. The van der Waals surface area contributed by atoms with E-state index in [1.807, 2.05) is 0 Å². The first kappa shape index (κ1) is 12.9. The molecule has 0 saturated carbocycles. The van der Waals surface area contributed by atoms with Crippen molar-refractivity contribution in [3.05, 3.63) is 0 Å². The zero-order chi connectivity index (χ0) is 11.3. The summed E-state index contributed by atoms with van der Waals surface area (Å²) in [6.07, 6.45) is 2.43. The lowest BCUT2D eigenvalue weighted by Gasteiger charge is -2.35. The number of aliphatic hydroxyl groups is 1. The van der Waals surface area contributed by atoms with Crippen LogP contribution in [0.4, 0.5) is 0 Å². The number of hydrogen-bond acceptors (Lipinski definition) is 4. The molecule has 90 valence electrons. The first-order valence-corrected chi connectivity index (χ1v) is 5.75. The van der Waals surface area contributed by atoms with Crippen LogP contribution in [0.15, 0.2) is 0 Å². The molecule has 1 aliphatic rings. The fourth-order valence-electron chi connectivity index (χ4n) is 2.03. The highest BCUT2D eigenvalue weighted by molar-refractivity contribution is 4.81. The van der Waals surface area contributed by atoms with Crippen molar-refractivity contribution in [2.75, 3.05) is 32.8 Å². The maximum absolute atomic E-state index is 8.65. The minimum absolute atomic E-state index is 0.112. The van der Waals surface area contributed by atoms with Gasteiger partial charge < -0.3 is 20.5 Å². The van der Waals surface area contributed by atoms with E-state index in [-0.39, 0.29) is 12.1 Å². The van der Waals surface area contributed by atoms with E-state index < -0.39 is 0 Å². The standard InChI is InChI=1S/C11H24N2O2/c1-11(2,12)9-13-5-3-10(4-6-13)15-8-7-14/h10,14H,3-9,12H2,1-2H3. The van der Waals surface area contributed by atoms with E-state index in [2.05, 4.69) is 18.7 Å². The number of piperidine rings is 1. The lowest BCUT2D eigenvalue weighted by Crippen LogP contribution is -2.48. The lowest BCUT2D eigenvalue weighted by atomic mass is 10.0. The molecule has 0 unspecified atom stereocenters. The molecule has 1 saturated heterocycles. The molecule has 1 aliphatic heterocycles. The topological polar surface area (TPSA) is 58.7 Å². The summed E-state index contributed by atoms with van der Waals surface area (Å²) in [4.78, 5) is 2.39. The highest BCUT2D eigenvalue weighted by Gasteiger charge is 2.23. The number of likely N-dealkylation sites (tertiary alicyclic amines) is 1. The summed E-state index contributed by atoms with van der Waals surface area (Å²) in [5.74, 6) is 0. The van der Waals surface area contributed by atoms with Crippen LogP contribution in [0.2, 0.25) is 0 Å². The van der Waals surface area contributed by atoms with Crippen LogP contribution in [0.3, 0.4) is 0 Å². The molecule has 0 spiro atoms. The Bertz CT molecular complexity index is 172. The lowest BCUT2D eigenvalue weighted by molar-refractivity contribution is -0.0101. The summed E-state index contributed by atoms with van der Waals surface area (Å²) in [5.41, 5.74) is 5.86. The molecule has 0 aromatic carbocycles. The van der Waals surface area contributed by atoms with Gasteiger partial charge >= 0.3 is 0 Å². The fraction of sp³-hybridized carbons (Fsp3) is 1.00. The van der Waals surface area contributed by atoms with Gasteiger partial charge in [0.05, 0.1) is 19.3 Å². The SMILES string of the molecule is CC(C)(N)CN1CCC(OCCO)CC1. The molecule has 1 rings (SSSR count).